The largest absolute Gasteiger partial charge is 2.00 e. The Balaban J connectivity index is 0.000000325. The first-order valence-corrected chi connectivity index (χ1v) is 20.5. The molecule has 0 aliphatic rings. The molecule has 256 valence electrons. The van der Waals surface area contributed by atoms with Crippen molar-refractivity contribution in [3.63, 3.8) is 0 Å². The van der Waals surface area contributed by atoms with Crippen LogP contribution in [0, 0.1) is 27.7 Å². The van der Waals surface area contributed by atoms with E-state index < -0.39 is 0 Å². The molecule has 0 heterocycles. The average Bonchev–Trinajstić information content (AvgIpc) is 3.87. The number of aryl methyl sites for hydroxylation is 4. The molecule has 0 atom stereocenters. The second-order valence-corrected chi connectivity index (χ2v) is 17.2. The fraction of sp³-hybridized carbons (Fsp3) is 0.182. The van der Waals surface area contributed by atoms with Gasteiger partial charge in [0, 0.05) is 0 Å². The quantitative estimate of drug-likeness (QED) is 0.143. The van der Waals surface area contributed by atoms with Crippen LogP contribution in [-0.2, 0) is 52.4 Å². The van der Waals surface area contributed by atoms with Crippen LogP contribution in [0.3, 0.4) is 0 Å². The number of hydrogen-bond donors (Lipinski definition) is 0. The fourth-order valence-electron chi connectivity index (χ4n) is 5.86. The molecule has 0 bridgehead atoms. The van der Waals surface area contributed by atoms with Crippen molar-refractivity contribution in [3.8, 4) is 0 Å². The SMILES string of the molecule is CP(C)c1cc2ccccc2[cH-]1.CP(C)c1cc2ccccc2[cH-]1.Cc1ccc(C)c2[cH-]ccc12.Cc1ccc(C)c2[cH-]ccc12.[Cl-].[Cl-].[Zr+2].[Zr+2]. The normalized spacial score (nSPS) is 10.1. The molecule has 8 aromatic rings. The van der Waals surface area contributed by atoms with Crippen molar-refractivity contribution in [2.75, 3.05) is 26.7 Å². The standard InChI is InChI=1S/2C11H12P.2C11H11.2ClH.2Zr/c2*1-12(2)11-7-9-5-3-4-6-10(9)8-11;2*1-8-6-7-9(2)11-5-3-4-10(8)11;;;;/h2*3-8H,1-2H3;2*3-7H,1-2H3;2*1H;;/q4*-1;;;2*+2/p-2. The Kier molecular flexibility index (Phi) is 20.4. The van der Waals surface area contributed by atoms with E-state index in [1.807, 2.05) is 0 Å². The van der Waals surface area contributed by atoms with Crippen molar-refractivity contribution in [2.45, 2.75) is 27.7 Å². The summed E-state index contributed by atoms with van der Waals surface area (Å²) in [6, 6.07) is 48.0. The molecule has 0 radical (unpaired) electrons. The third-order valence-electron chi connectivity index (χ3n) is 8.74. The Morgan fingerprint density at radius 2 is 0.780 bits per heavy atom. The van der Waals surface area contributed by atoms with E-state index in [1.165, 1.54) is 76.0 Å². The van der Waals surface area contributed by atoms with Crippen molar-refractivity contribution < 1.29 is 77.2 Å². The Morgan fingerprint density at radius 1 is 0.440 bits per heavy atom. The van der Waals surface area contributed by atoms with Crippen LogP contribution >= 0.6 is 15.8 Å². The van der Waals surface area contributed by atoms with Gasteiger partial charge in [0.25, 0.3) is 0 Å². The van der Waals surface area contributed by atoms with Crippen LogP contribution in [0.25, 0.3) is 43.1 Å². The van der Waals surface area contributed by atoms with E-state index in [0.717, 1.165) is 0 Å². The summed E-state index contributed by atoms with van der Waals surface area (Å²) in [5.74, 6) is 0. The van der Waals surface area contributed by atoms with Crippen molar-refractivity contribution in [2.24, 2.45) is 0 Å². The van der Waals surface area contributed by atoms with Crippen molar-refractivity contribution >= 4 is 69.5 Å². The molecule has 0 aliphatic heterocycles. The summed E-state index contributed by atoms with van der Waals surface area (Å²) in [5, 5.41) is 14.1. The van der Waals surface area contributed by atoms with Crippen LogP contribution in [0.2, 0.25) is 0 Å². The Labute approximate surface area is 353 Å². The topological polar surface area (TPSA) is 0 Å². The molecular weight excluding hydrogens is 844 g/mol. The molecular formula is C44H46Cl2P2Zr2-2. The summed E-state index contributed by atoms with van der Waals surface area (Å²) in [7, 11) is 0.115. The molecule has 0 fully saturated rings. The van der Waals surface area contributed by atoms with Crippen LogP contribution < -0.4 is 35.4 Å². The van der Waals surface area contributed by atoms with E-state index in [2.05, 4.69) is 188 Å². The second kappa shape index (κ2) is 21.9. The minimum absolute atomic E-state index is 0. The Hall–Kier alpha value is -1.47. The molecule has 8 rings (SSSR count). The predicted octanol–water partition coefficient (Wildman–Crippen LogP) is 6.21. The predicted molar refractivity (Wildman–Crippen MR) is 214 cm³/mol. The molecule has 0 N–H and O–H groups in total. The van der Waals surface area contributed by atoms with Crippen LogP contribution in [0.1, 0.15) is 22.3 Å². The molecule has 0 saturated carbocycles. The third-order valence-corrected chi connectivity index (χ3v) is 11.3. The van der Waals surface area contributed by atoms with Gasteiger partial charge in [0.15, 0.2) is 0 Å². The van der Waals surface area contributed by atoms with Crippen molar-refractivity contribution in [3.05, 3.63) is 156 Å². The van der Waals surface area contributed by atoms with Gasteiger partial charge in [-0.2, -0.15) is 36.4 Å². The third kappa shape index (κ3) is 11.8. The van der Waals surface area contributed by atoms with Gasteiger partial charge in [-0.25, -0.2) is 0 Å². The minimum atomic E-state index is 0. The average molecular weight is 890 g/mol. The van der Waals surface area contributed by atoms with E-state index in [9.17, 15) is 0 Å². The molecule has 0 aliphatic carbocycles. The fourth-order valence-corrected chi connectivity index (χ4v) is 7.45. The smallest absolute Gasteiger partial charge is 1.00 e. The summed E-state index contributed by atoms with van der Waals surface area (Å²) in [6.45, 7) is 17.8. The number of halogens is 2. The van der Waals surface area contributed by atoms with Crippen LogP contribution in [-0.4, -0.2) is 26.7 Å². The summed E-state index contributed by atoms with van der Waals surface area (Å²) >= 11 is 0. The molecule has 0 nitrogen and oxygen atoms in total. The molecule has 50 heavy (non-hydrogen) atoms. The maximum Gasteiger partial charge on any atom is 2.00 e. The van der Waals surface area contributed by atoms with Crippen LogP contribution in [0.4, 0.5) is 0 Å². The molecule has 0 spiro atoms. The number of rotatable bonds is 2. The van der Waals surface area contributed by atoms with E-state index in [4.69, 9.17) is 0 Å². The molecule has 8 aromatic carbocycles. The second-order valence-electron chi connectivity index (χ2n) is 12.6. The van der Waals surface area contributed by atoms with E-state index in [-0.39, 0.29) is 93.1 Å². The number of benzene rings is 4. The summed E-state index contributed by atoms with van der Waals surface area (Å²) < 4.78 is 0. The van der Waals surface area contributed by atoms with E-state index >= 15 is 0 Å². The number of fused-ring (bicyclic) bond motifs is 4. The molecule has 0 unspecified atom stereocenters. The van der Waals surface area contributed by atoms with Gasteiger partial charge in [-0.05, 0) is 40.5 Å². The summed E-state index contributed by atoms with van der Waals surface area (Å²) in [6.07, 6.45) is 0. The Bertz CT molecular complexity index is 1880. The Morgan fingerprint density at radius 3 is 1.10 bits per heavy atom. The van der Waals surface area contributed by atoms with Gasteiger partial charge in [0.2, 0.25) is 0 Å². The summed E-state index contributed by atoms with van der Waals surface area (Å²) in [4.78, 5) is 0. The first-order chi connectivity index (χ1) is 22.1. The van der Waals surface area contributed by atoms with Gasteiger partial charge in [0.05, 0.1) is 0 Å². The van der Waals surface area contributed by atoms with Crippen molar-refractivity contribution in [1.82, 2.24) is 0 Å². The van der Waals surface area contributed by atoms with Crippen LogP contribution in [0.5, 0.6) is 0 Å². The maximum atomic E-state index is 2.31. The van der Waals surface area contributed by atoms with Gasteiger partial charge in [-0.1, -0.05) is 49.2 Å². The van der Waals surface area contributed by atoms with Gasteiger partial charge in [-0.15, -0.1) is 153 Å². The molecule has 0 aromatic heterocycles. The molecule has 0 amide bonds. The van der Waals surface area contributed by atoms with Gasteiger partial charge < -0.3 is 24.8 Å². The molecule has 6 heteroatoms. The monoisotopic (exact) mass is 886 g/mol. The zero-order valence-electron chi connectivity index (χ0n) is 30.4. The van der Waals surface area contributed by atoms with Gasteiger partial charge in [-0.3, -0.25) is 0 Å². The van der Waals surface area contributed by atoms with Crippen LogP contribution in [0.15, 0.2) is 133 Å². The zero-order valence-corrected chi connectivity index (χ0v) is 38.6. The van der Waals surface area contributed by atoms with E-state index in [1.54, 1.807) is 0 Å². The van der Waals surface area contributed by atoms with E-state index in [0.29, 0.717) is 0 Å². The van der Waals surface area contributed by atoms with Gasteiger partial charge in [0.1, 0.15) is 0 Å². The zero-order chi connectivity index (χ0) is 32.8. The summed E-state index contributed by atoms with van der Waals surface area (Å²) in [5.41, 5.74) is 5.48. The first kappa shape index (κ1) is 46.5. The number of hydrogen-bond acceptors (Lipinski definition) is 0. The van der Waals surface area contributed by atoms with Gasteiger partial charge >= 0.3 is 52.4 Å². The first-order valence-electron chi connectivity index (χ1n) is 16.0. The molecule has 0 saturated heterocycles. The minimum Gasteiger partial charge on any atom is -1.00 e. The van der Waals surface area contributed by atoms with Crippen molar-refractivity contribution in [1.29, 1.82) is 0 Å². The maximum absolute atomic E-state index is 2.31.